The summed E-state index contributed by atoms with van der Waals surface area (Å²) in [4.78, 5) is 26.6. The highest BCUT2D eigenvalue weighted by molar-refractivity contribution is 6.08. The molecule has 0 aromatic heterocycles. The largest absolute Gasteiger partial charge is 0.416 e. The zero-order valence-electron chi connectivity index (χ0n) is 19.7. The maximum absolute atomic E-state index is 13.2. The van der Waals surface area contributed by atoms with Gasteiger partial charge in [0.2, 0.25) is 0 Å². The molecule has 3 amide bonds. The van der Waals surface area contributed by atoms with Crippen LogP contribution in [0.1, 0.15) is 32.6 Å². The maximum Gasteiger partial charge on any atom is 0.416 e. The van der Waals surface area contributed by atoms with Crippen LogP contribution in [0.5, 0.6) is 0 Å². The Morgan fingerprint density at radius 2 is 1.60 bits per heavy atom. The molecule has 8 heteroatoms. The number of urea groups is 1. The standard InChI is InChI=1S/C27H26F3N3O2/c1-16-4-11-23(24(12-16)17-5-8-20(9-6-17)27(28,29)30)25(34)31-21-10-7-18-13-22(15-19(18)14-21)32-26(35)33(2)3/h4-12,14,22H,13,15H2,1-3H3,(H,31,34)(H,32,35). The molecule has 1 aliphatic carbocycles. The average Bonchev–Trinajstić information content (AvgIpc) is 3.19. The van der Waals surface area contributed by atoms with Crippen molar-refractivity contribution >= 4 is 17.6 Å². The number of aryl methyl sites for hydroxylation is 1. The van der Waals surface area contributed by atoms with Gasteiger partial charge in [0.15, 0.2) is 0 Å². The molecule has 3 aromatic rings. The van der Waals surface area contributed by atoms with E-state index in [0.717, 1.165) is 35.2 Å². The fraction of sp³-hybridized carbons (Fsp3) is 0.259. The van der Waals surface area contributed by atoms with E-state index in [1.54, 1.807) is 32.3 Å². The number of hydrogen-bond acceptors (Lipinski definition) is 2. The lowest BCUT2D eigenvalue weighted by Crippen LogP contribution is -2.41. The lowest BCUT2D eigenvalue weighted by molar-refractivity contribution is -0.137. The monoisotopic (exact) mass is 481 g/mol. The first-order valence-electron chi connectivity index (χ1n) is 11.2. The van der Waals surface area contributed by atoms with E-state index in [4.69, 9.17) is 0 Å². The van der Waals surface area contributed by atoms with Gasteiger partial charge in [-0.3, -0.25) is 4.79 Å². The number of anilines is 1. The molecular weight excluding hydrogens is 455 g/mol. The number of benzene rings is 3. The zero-order chi connectivity index (χ0) is 25.3. The number of fused-ring (bicyclic) bond motifs is 1. The van der Waals surface area contributed by atoms with Gasteiger partial charge in [-0.25, -0.2) is 4.79 Å². The van der Waals surface area contributed by atoms with E-state index in [1.165, 1.54) is 17.0 Å². The van der Waals surface area contributed by atoms with Crippen LogP contribution < -0.4 is 10.6 Å². The van der Waals surface area contributed by atoms with Gasteiger partial charge in [-0.15, -0.1) is 0 Å². The van der Waals surface area contributed by atoms with Crippen LogP contribution in [0.2, 0.25) is 0 Å². The summed E-state index contributed by atoms with van der Waals surface area (Å²) < 4.78 is 38.9. The van der Waals surface area contributed by atoms with E-state index in [9.17, 15) is 22.8 Å². The highest BCUT2D eigenvalue weighted by Crippen LogP contribution is 2.33. The quantitative estimate of drug-likeness (QED) is 0.504. The smallest absolute Gasteiger partial charge is 0.335 e. The Morgan fingerprint density at radius 1 is 0.914 bits per heavy atom. The Balaban J connectivity index is 1.54. The van der Waals surface area contributed by atoms with Crippen molar-refractivity contribution in [1.82, 2.24) is 10.2 Å². The van der Waals surface area contributed by atoms with Gasteiger partial charge in [-0.1, -0.05) is 35.9 Å². The van der Waals surface area contributed by atoms with Gasteiger partial charge in [-0.05, 0) is 72.4 Å². The van der Waals surface area contributed by atoms with Crippen molar-refractivity contribution < 1.29 is 22.8 Å². The number of carbonyl (C=O) groups is 2. The number of halogens is 3. The summed E-state index contributed by atoms with van der Waals surface area (Å²) in [6, 6.07) is 15.6. The number of alkyl halides is 3. The van der Waals surface area contributed by atoms with E-state index in [-0.39, 0.29) is 18.0 Å². The van der Waals surface area contributed by atoms with Crippen LogP contribution in [0.15, 0.2) is 60.7 Å². The van der Waals surface area contributed by atoms with Gasteiger partial charge < -0.3 is 15.5 Å². The molecule has 4 rings (SSSR count). The van der Waals surface area contributed by atoms with Gasteiger partial charge >= 0.3 is 12.2 Å². The van der Waals surface area contributed by atoms with Gasteiger partial charge in [0, 0.05) is 31.4 Å². The van der Waals surface area contributed by atoms with Crippen molar-refractivity contribution in [2.24, 2.45) is 0 Å². The SMILES string of the molecule is Cc1ccc(C(=O)Nc2ccc3c(c2)CC(NC(=O)N(C)C)C3)c(-c2ccc(C(F)(F)F)cc2)c1. The van der Waals surface area contributed by atoms with Crippen LogP contribution in [0.3, 0.4) is 0 Å². The van der Waals surface area contributed by atoms with Crippen LogP contribution in [-0.4, -0.2) is 37.0 Å². The molecule has 0 heterocycles. The van der Waals surface area contributed by atoms with Crippen LogP contribution in [0, 0.1) is 6.92 Å². The van der Waals surface area contributed by atoms with E-state index in [0.29, 0.717) is 28.8 Å². The topological polar surface area (TPSA) is 61.4 Å². The van der Waals surface area contributed by atoms with Gasteiger partial charge in [0.1, 0.15) is 0 Å². The zero-order valence-corrected chi connectivity index (χ0v) is 19.7. The summed E-state index contributed by atoms with van der Waals surface area (Å²) in [6.07, 6.45) is -3.04. The molecule has 0 saturated heterocycles. The lowest BCUT2D eigenvalue weighted by Gasteiger charge is -2.16. The highest BCUT2D eigenvalue weighted by Gasteiger charge is 2.30. The summed E-state index contributed by atoms with van der Waals surface area (Å²) in [5, 5.41) is 5.90. The molecule has 1 atom stereocenters. The second-order valence-corrected chi connectivity index (χ2v) is 9.01. The lowest BCUT2D eigenvalue weighted by atomic mass is 9.96. The van der Waals surface area contributed by atoms with Gasteiger partial charge in [0.05, 0.1) is 5.56 Å². The number of carbonyl (C=O) groups excluding carboxylic acids is 2. The Bertz CT molecular complexity index is 1270. The average molecular weight is 482 g/mol. The van der Waals surface area contributed by atoms with Crippen LogP contribution >= 0.6 is 0 Å². The molecule has 0 bridgehead atoms. The molecule has 1 aliphatic rings. The Morgan fingerprint density at radius 3 is 2.26 bits per heavy atom. The normalized spacial score (nSPS) is 14.9. The minimum atomic E-state index is -4.42. The predicted molar refractivity (Wildman–Crippen MR) is 129 cm³/mol. The summed E-state index contributed by atoms with van der Waals surface area (Å²) in [6.45, 7) is 1.86. The third kappa shape index (κ3) is 5.48. The second kappa shape index (κ2) is 9.44. The molecule has 0 fully saturated rings. The summed E-state index contributed by atoms with van der Waals surface area (Å²) >= 11 is 0. The summed E-state index contributed by atoms with van der Waals surface area (Å²) in [7, 11) is 3.38. The molecule has 35 heavy (non-hydrogen) atoms. The molecular formula is C27H26F3N3O2. The van der Waals surface area contributed by atoms with Crippen molar-refractivity contribution in [1.29, 1.82) is 0 Å². The Labute approximate surface area is 202 Å². The van der Waals surface area contributed by atoms with Crippen molar-refractivity contribution in [3.8, 4) is 11.1 Å². The third-order valence-corrected chi connectivity index (χ3v) is 6.07. The highest BCUT2D eigenvalue weighted by atomic mass is 19.4. The van der Waals surface area contributed by atoms with Gasteiger partial charge in [0.25, 0.3) is 5.91 Å². The summed E-state index contributed by atoms with van der Waals surface area (Å²) in [5.41, 5.74) is 4.40. The molecule has 5 nitrogen and oxygen atoms in total. The van der Waals surface area contributed by atoms with Gasteiger partial charge in [-0.2, -0.15) is 13.2 Å². The first kappa shape index (κ1) is 24.3. The van der Waals surface area contributed by atoms with Crippen molar-refractivity contribution in [3.63, 3.8) is 0 Å². The first-order valence-corrected chi connectivity index (χ1v) is 11.2. The molecule has 2 N–H and O–H groups in total. The number of amides is 3. The van der Waals surface area contributed by atoms with Crippen molar-refractivity contribution in [2.75, 3.05) is 19.4 Å². The number of nitrogens with one attached hydrogen (secondary N) is 2. The second-order valence-electron chi connectivity index (χ2n) is 9.01. The van der Waals surface area contributed by atoms with E-state index < -0.39 is 11.7 Å². The minimum Gasteiger partial charge on any atom is -0.335 e. The number of nitrogens with zero attached hydrogens (tertiary/aromatic N) is 1. The molecule has 1 unspecified atom stereocenters. The predicted octanol–water partition coefficient (Wildman–Crippen LogP) is 5.67. The Hall–Kier alpha value is -3.81. The fourth-order valence-corrected chi connectivity index (χ4v) is 4.23. The fourth-order valence-electron chi connectivity index (χ4n) is 4.23. The van der Waals surface area contributed by atoms with E-state index >= 15 is 0 Å². The molecule has 0 aliphatic heterocycles. The van der Waals surface area contributed by atoms with Crippen LogP contribution in [-0.2, 0) is 19.0 Å². The van der Waals surface area contributed by atoms with Crippen LogP contribution in [0.4, 0.5) is 23.7 Å². The number of hydrogen-bond donors (Lipinski definition) is 2. The molecule has 3 aromatic carbocycles. The van der Waals surface area contributed by atoms with E-state index in [1.807, 2.05) is 25.1 Å². The van der Waals surface area contributed by atoms with Crippen molar-refractivity contribution in [3.05, 3.63) is 88.5 Å². The first-order chi connectivity index (χ1) is 16.5. The summed E-state index contributed by atoms with van der Waals surface area (Å²) in [5.74, 6) is -0.352. The molecule has 0 spiro atoms. The van der Waals surface area contributed by atoms with Crippen LogP contribution in [0.25, 0.3) is 11.1 Å². The molecule has 0 radical (unpaired) electrons. The molecule has 0 saturated carbocycles. The minimum absolute atomic E-state index is 0.00535. The van der Waals surface area contributed by atoms with E-state index in [2.05, 4.69) is 10.6 Å². The third-order valence-electron chi connectivity index (χ3n) is 6.07. The number of rotatable bonds is 4. The van der Waals surface area contributed by atoms with Crippen molar-refractivity contribution in [2.45, 2.75) is 32.0 Å². The molecule has 182 valence electrons. The maximum atomic E-state index is 13.2. The Kier molecular flexibility index (Phi) is 6.56.